The first kappa shape index (κ1) is 19.3. The van der Waals surface area contributed by atoms with Crippen LogP contribution in [0.5, 0.6) is 5.75 Å². The summed E-state index contributed by atoms with van der Waals surface area (Å²) in [7, 11) is 0. The molecule has 5 rings (SSSR count). The Morgan fingerprint density at radius 3 is 2.80 bits per heavy atom. The number of ether oxygens (including phenoxy) is 1. The van der Waals surface area contributed by atoms with E-state index in [0.717, 1.165) is 69.4 Å². The molecular weight excluding hydrogens is 446 g/mol. The summed E-state index contributed by atoms with van der Waals surface area (Å²) >= 11 is 3.61. The molecule has 2 aromatic carbocycles. The highest BCUT2D eigenvalue weighted by Crippen LogP contribution is 2.36. The second-order valence-corrected chi connectivity index (χ2v) is 8.59. The summed E-state index contributed by atoms with van der Waals surface area (Å²) in [6.07, 6.45) is 4.87. The number of nitrogens with one attached hydrogen (secondary N) is 2. The maximum absolute atomic E-state index is 9.76. The lowest BCUT2D eigenvalue weighted by Gasteiger charge is -2.27. The molecule has 0 bridgehead atoms. The standard InChI is InChI=1S/C22H22BrN5O2/c1-12-25-18-9-3-14(10-19(18)26-12)27-22-24-11-13-2-8-17(23)21(20(13)28-22)30-16-6-4-15(29)5-7-16/h2-3,8-11,15-16,29H,4-7H2,1H3,(H,25,26)(H,24,27,28). The lowest BCUT2D eigenvalue weighted by atomic mass is 9.95. The van der Waals surface area contributed by atoms with Gasteiger partial charge in [0.1, 0.15) is 11.3 Å². The van der Waals surface area contributed by atoms with E-state index in [4.69, 9.17) is 9.72 Å². The molecule has 1 aliphatic carbocycles. The molecule has 3 N–H and O–H groups in total. The Kier molecular flexibility index (Phi) is 5.04. The van der Waals surface area contributed by atoms with Gasteiger partial charge in [-0.25, -0.2) is 15.0 Å². The minimum Gasteiger partial charge on any atom is -0.487 e. The highest BCUT2D eigenvalue weighted by atomic mass is 79.9. The molecule has 8 heteroatoms. The van der Waals surface area contributed by atoms with Crippen molar-refractivity contribution < 1.29 is 9.84 Å². The molecule has 0 atom stereocenters. The molecule has 7 nitrogen and oxygen atoms in total. The van der Waals surface area contributed by atoms with Crippen LogP contribution in [-0.2, 0) is 0 Å². The van der Waals surface area contributed by atoms with Crippen LogP contribution in [0.25, 0.3) is 21.9 Å². The van der Waals surface area contributed by atoms with Gasteiger partial charge in [0.2, 0.25) is 5.95 Å². The normalized spacial score (nSPS) is 19.3. The summed E-state index contributed by atoms with van der Waals surface area (Å²) < 4.78 is 7.19. The zero-order valence-corrected chi connectivity index (χ0v) is 18.1. The number of hydrogen-bond donors (Lipinski definition) is 3. The van der Waals surface area contributed by atoms with Crippen LogP contribution in [0.4, 0.5) is 11.6 Å². The quantitative estimate of drug-likeness (QED) is 0.390. The Balaban J connectivity index is 1.46. The van der Waals surface area contributed by atoms with Crippen molar-refractivity contribution in [2.24, 2.45) is 0 Å². The van der Waals surface area contributed by atoms with Gasteiger partial charge in [0, 0.05) is 17.3 Å². The maximum Gasteiger partial charge on any atom is 0.227 e. The predicted molar refractivity (Wildman–Crippen MR) is 120 cm³/mol. The molecule has 0 radical (unpaired) electrons. The van der Waals surface area contributed by atoms with Crippen molar-refractivity contribution in [2.45, 2.75) is 44.8 Å². The Hall–Kier alpha value is -2.71. The number of nitrogens with zero attached hydrogens (tertiary/aromatic N) is 3. The SMILES string of the molecule is Cc1nc2ccc(Nc3ncc4ccc(Br)c(OC5CCC(O)CC5)c4n3)cc2[nH]1. The van der Waals surface area contributed by atoms with E-state index in [2.05, 4.69) is 36.2 Å². The molecule has 2 heterocycles. The highest BCUT2D eigenvalue weighted by molar-refractivity contribution is 9.10. The number of rotatable bonds is 4. The van der Waals surface area contributed by atoms with Crippen molar-refractivity contribution >= 4 is 49.5 Å². The molecule has 30 heavy (non-hydrogen) atoms. The lowest BCUT2D eigenvalue weighted by Crippen LogP contribution is -2.26. The van der Waals surface area contributed by atoms with E-state index in [-0.39, 0.29) is 12.2 Å². The van der Waals surface area contributed by atoms with Crippen LogP contribution in [0.15, 0.2) is 41.0 Å². The van der Waals surface area contributed by atoms with E-state index in [1.807, 2.05) is 37.3 Å². The van der Waals surface area contributed by atoms with Crippen molar-refractivity contribution in [3.8, 4) is 5.75 Å². The summed E-state index contributed by atoms with van der Waals surface area (Å²) in [6.45, 7) is 1.94. The number of hydrogen-bond acceptors (Lipinski definition) is 6. The van der Waals surface area contributed by atoms with E-state index in [1.54, 1.807) is 6.20 Å². The topological polar surface area (TPSA) is 96.0 Å². The summed E-state index contributed by atoms with van der Waals surface area (Å²) in [6, 6.07) is 9.85. The summed E-state index contributed by atoms with van der Waals surface area (Å²) in [5, 5.41) is 14.0. The van der Waals surface area contributed by atoms with E-state index >= 15 is 0 Å². The number of fused-ring (bicyclic) bond motifs is 2. The minimum absolute atomic E-state index is 0.0766. The Morgan fingerprint density at radius 1 is 1.13 bits per heavy atom. The number of H-pyrrole nitrogens is 1. The molecule has 1 saturated carbocycles. The zero-order valence-electron chi connectivity index (χ0n) is 16.5. The number of aromatic nitrogens is 4. The third kappa shape index (κ3) is 3.85. The molecular formula is C22H22BrN5O2. The number of benzene rings is 2. The van der Waals surface area contributed by atoms with E-state index in [9.17, 15) is 5.11 Å². The molecule has 0 unspecified atom stereocenters. The fraction of sp³-hybridized carbons (Fsp3) is 0.318. The maximum atomic E-state index is 9.76. The zero-order chi connectivity index (χ0) is 20.7. The number of aliphatic hydroxyl groups is 1. The summed E-state index contributed by atoms with van der Waals surface area (Å²) in [5.41, 5.74) is 3.52. The fourth-order valence-corrected chi connectivity index (χ4v) is 4.31. The van der Waals surface area contributed by atoms with Gasteiger partial charge in [-0.3, -0.25) is 0 Å². The number of aromatic amines is 1. The first-order chi connectivity index (χ1) is 14.5. The second-order valence-electron chi connectivity index (χ2n) is 7.74. The monoisotopic (exact) mass is 467 g/mol. The third-order valence-electron chi connectivity index (χ3n) is 5.44. The van der Waals surface area contributed by atoms with Crippen LogP contribution in [0.2, 0.25) is 0 Å². The molecule has 0 spiro atoms. The molecule has 154 valence electrons. The van der Waals surface area contributed by atoms with Crippen LogP contribution in [0.1, 0.15) is 31.5 Å². The number of aryl methyl sites for hydroxylation is 1. The number of anilines is 2. The number of halogens is 1. The summed E-state index contributed by atoms with van der Waals surface area (Å²) in [5.74, 6) is 2.10. The summed E-state index contributed by atoms with van der Waals surface area (Å²) in [4.78, 5) is 16.9. The minimum atomic E-state index is -0.213. The van der Waals surface area contributed by atoms with Crippen molar-refractivity contribution in [1.29, 1.82) is 0 Å². The van der Waals surface area contributed by atoms with Gasteiger partial charge in [-0.15, -0.1) is 0 Å². The Bertz CT molecular complexity index is 1220. The molecule has 0 amide bonds. The van der Waals surface area contributed by atoms with Gasteiger partial charge < -0.3 is 20.1 Å². The molecule has 1 fully saturated rings. The van der Waals surface area contributed by atoms with Crippen molar-refractivity contribution in [3.63, 3.8) is 0 Å². The van der Waals surface area contributed by atoms with Gasteiger partial charge in [-0.05, 0) is 78.9 Å². The Labute approximate surface area is 182 Å². The molecule has 4 aromatic rings. The average molecular weight is 468 g/mol. The predicted octanol–water partition coefficient (Wildman–Crippen LogP) is 5.00. The van der Waals surface area contributed by atoms with E-state index in [0.29, 0.717) is 5.95 Å². The van der Waals surface area contributed by atoms with Gasteiger partial charge in [-0.1, -0.05) is 0 Å². The largest absolute Gasteiger partial charge is 0.487 e. The fourth-order valence-electron chi connectivity index (χ4n) is 3.89. The van der Waals surface area contributed by atoms with Crippen LogP contribution in [0, 0.1) is 6.92 Å². The van der Waals surface area contributed by atoms with Crippen LogP contribution < -0.4 is 10.1 Å². The Morgan fingerprint density at radius 2 is 1.97 bits per heavy atom. The first-order valence-corrected chi connectivity index (χ1v) is 10.9. The second kappa shape index (κ2) is 7.85. The van der Waals surface area contributed by atoms with Gasteiger partial charge >= 0.3 is 0 Å². The molecule has 1 aliphatic rings. The van der Waals surface area contributed by atoms with Crippen molar-refractivity contribution in [1.82, 2.24) is 19.9 Å². The molecule has 0 saturated heterocycles. The van der Waals surface area contributed by atoms with Crippen molar-refractivity contribution in [3.05, 3.63) is 46.8 Å². The van der Waals surface area contributed by atoms with Crippen LogP contribution in [0.3, 0.4) is 0 Å². The average Bonchev–Trinajstić information content (AvgIpc) is 3.11. The van der Waals surface area contributed by atoms with Gasteiger partial charge in [0.25, 0.3) is 0 Å². The van der Waals surface area contributed by atoms with Gasteiger partial charge in [-0.2, -0.15) is 0 Å². The van der Waals surface area contributed by atoms with E-state index < -0.39 is 0 Å². The van der Waals surface area contributed by atoms with Crippen molar-refractivity contribution in [2.75, 3.05) is 5.32 Å². The molecule has 2 aromatic heterocycles. The van der Waals surface area contributed by atoms with Crippen LogP contribution in [-0.4, -0.2) is 37.3 Å². The third-order valence-corrected chi connectivity index (χ3v) is 6.07. The molecule has 0 aliphatic heterocycles. The first-order valence-electron chi connectivity index (χ1n) is 10.1. The van der Waals surface area contributed by atoms with Gasteiger partial charge in [0.15, 0.2) is 5.75 Å². The van der Waals surface area contributed by atoms with Crippen LogP contribution >= 0.6 is 15.9 Å². The number of imidazole rings is 1. The van der Waals surface area contributed by atoms with E-state index in [1.165, 1.54) is 0 Å². The van der Waals surface area contributed by atoms with Gasteiger partial charge in [0.05, 0.1) is 27.7 Å². The highest BCUT2D eigenvalue weighted by Gasteiger charge is 2.23. The number of aliphatic hydroxyl groups excluding tert-OH is 1. The smallest absolute Gasteiger partial charge is 0.227 e. The lowest BCUT2D eigenvalue weighted by molar-refractivity contribution is 0.0669.